The van der Waals surface area contributed by atoms with Gasteiger partial charge in [-0.1, -0.05) is 18.2 Å². The normalized spacial score (nSPS) is 11.5. The lowest BCUT2D eigenvalue weighted by molar-refractivity contribution is 0.0760. The molecule has 0 spiro atoms. The first-order valence-corrected chi connectivity index (χ1v) is 15.0. The molecule has 4 aromatic rings. The Morgan fingerprint density at radius 3 is 1.79 bits per heavy atom. The molecule has 4 aromatic carbocycles. The maximum atomic E-state index is 12.6. The van der Waals surface area contributed by atoms with Gasteiger partial charge in [0.05, 0.1) is 11.4 Å². The van der Waals surface area contributed by atoms with E-state index in [-0.39, 0.29) is 11.1 Å². The molecule has 1 aliphatic heterocycles. The fraction of sp³-hybridized carbons (Fsp3) is 0.235. The maximum Gasteiger partial charge on any atom is 0.283 e. The minimum atomic E-state index is -0.373. The number of hydrogen-bond donors (Lipinski definition) is 1. The van der Waals surface area contributed by atoms with E-state index in [4.69, 9.17) is 26.5 Å². The van der Waals surface area contributed by atoms with Gasteiger partial charge in [0.2, 0.25) is 0 Å². The summed E-state index contributed by atoms with van der Waals surface area (Å²) < 4.78 is 12.7. The zero-order valence-electron chi connectivity index (χ0n) is 24.9. The van der Waals surface area contributed by atoms with E-state index >= 15 is 0 Å². The van der Waals surface area contributed by atoms with E-state index in [1.165, 1.54) is 0 Å². The number of fused-ring (bicyclic) bond motifs is 2. The Bertz CT molecular complexity index is 1510. The van der Waals surface area contributed by atoms with Crippen LogP contribution in [0.1, 0.15) is 38.1 Å². The molecule has 5 rings (SSSR count). The van der Waals surface area contributed by atoms with Crippen LogP contribution in [-0.2, 0) is 0 Å². The van der Waals surface area contributed by atoms with Gasteiger partial charge in [0.15, 0.2) is 17.2 Å². The lowest BCUT2D eigenvalue weighted by Crippen LogP contribution is -2.32. The van der Waals surface area contributed by atoms with E-state index in [9.17, 15) is 4.79 Å². The van der Waals surface area contributed by atoms with Crippen LogP contribution in [0.15, 0.2) is 91.0 Å². The fourth-order valence-corrected chi connectivity index (χ4v) is 5.32. The van der Waals surface area contributed by atoms with Crippen LogP contribution >= 0.6 is 12.2 Å². The molecule has 0 aromatic heterocycles. The summed E-state index contributed by atoms with van der Waals surface area (Å²) in [5, 5.41) is 0.238. The number of amides is 1. The summed E-state index contributed by atoms with van der Waals surface area (Å²) in [7, 11) is 0. The second-order valence-electron chi connectivity index (χ2n) is 9.82. The number of nitrogens with zero attached hydrogens (tertiary/aromatic N) is 3. The number of ether oxygens (including phenoxy) is 2. The summed E-state index contributed by atoms with van der Waals surface area (Å²) in [4.78, 5) is 24.4. The van der Waals surface area contributed by atoms with E-state index in [0.29, 0.717) is 28.6 Å². The average molecular weight is 597 g/mol. The van der Waals surface area contributed by atoms with Gasteiger partial charge >= 0.3 is 0 Å². The van der Waals surface area contributed by atoms with Crippen molar-refractivity contribution in [2.45, 2.75) is 27.7 Å². The van der Waals surface area contributed by atoms with E-state index in [2.05, 4.69) is 67.2 Å². The smallest absolute Gasteiger partial charge is 0.283 e. The van der Waals surface area contributed by atoms with Crippen LogP contribution in [0.5, 0.6) is 23.0 Å². The van der Waals surface area contributed by atoms with Crippen molar-refractivity contribution in [2.75, 3.05) is 40.9 Å². The van der Waals surface area contributed by atoms with Crippen LogP contribution in [0.3, 0.4) is 0 Å². The van der Waals surface area contributed by atoms with Crippen LogP contribution in [-0.4, -0.2) is 37.3 Å². The van der Waals surface area contributed by atoms with Crippen molar-refractivity contribution in [1.82, 2.24) is 5.48 Å². The van der Waals surface area contributed by atoms with Gasteiger partial charge in [0.1, 0.15) is 5.75 Å². The molecule has 1 amide bonds. The van der Waals surface area contributed by atoms with Gasteiger partial charge in [-0.25, -0.2) is 0 Å². The van der Waals surface area contributed by atoms with Gasteiger partial charge in [-0.15, -0.1) is 0 Å². The van der Waals surface area contributed by atoms with Crippen LogP contribution in [0.25, 0.3) is 0 Å². The summed E-state index contributed by atoms with van der Waals surface area (Å²) in [6, 6.07) is 28.1. The number of para-hydroxylation sites is 1. The molecule has 1 aliphatic rings. The van der Waals surface area contributed by atoms with Gasteiger partial charge in [-0.2, -0.15) is 5.48 Å². The number of hydrogen-bond acceptors (Lipinski definition) is 7. The van der Waals surface area contributed by atoms with Gasteiger partial charge in [0, 0.05) is 55.2 Å². The van der Waals surface area contributed by atoms with Gasteiger partial charge < -0.3 is 24.1 Å². The summed E-state index contributed by atoms with van der Waals surface area (Å²) in [5.41, 5.74) is 6.60. The lowest BCUT2D eigenvalue weighted by Gasteiger charge is -2.34. The third-order valence-electron chi connectivity index (χ3n) is 7.35. The topological polar surface area (TPSA) is 66.5 Å². The first kappa shape index (κ1) is 29.7. The number of carbonyl (C=O) groups is 1. The molecule has 0 saturated carbocycles. The van der Waals surface area contributed by atoms with Crippen molar-refractivity contribution in [3.63, 3.8) is 0 Å². The first-order valence-electron chi connectivity index (χ1n) is 14.6. The highest BCUT2D eigenvalue weighted by Gasteiger charge is 2.30. The third-order valence-corrected chi connectivity index (χ3v) is 7.62. The van der Waals surface area contributed by atoms with Crippen LogP contribution < -0.4 is 34.5 Å². The standard InChI is InChI=1S/C34H36N4O4S/c1-5-36(6-2)25-16-20-29-31(22-25)41-32-23-26(37(7-3)8-4)17-21-30(32)38(29)34(43)40-27-18-14-24(15-19-27)33(39)35-42-28-12-10-9-11-13-28/h9-23H,5-8H2,1-4H3,(H,35,39). The summed E-state index contributed by atoms with van der Waals surface area (Å²) in [5.74, 6) is 2.07. The molecule has 0 bridgehead atoms. The number of carbonyl (C=O) groups excluding carboxylic acids is 1. The van der Waals surface area contributed by atoms with E-state index in [0.717, 1.165) is 48.9 Å². The van der Waals surface area contributed by atoms with E-state index in [1.807, 2.05) is 35.2 Å². The van der Waals surface area contributed by atoms with E-state index < -0.39 is 0 Å². The highest BCUT2D eigenvalue weighted by Crippen LogP contribution is 2.49. The monoisotopic (exact) mass is 596 g/mol. The zero-order valence-corrected chi connectivity index (χ0v) is 25.7. The van der Waals surface area contributed by atoms with Crippen molar-refractivity contribution in [3.05, 3.63) is 96.6 Å². The van der Waals surface area contributed by atoms with Crippen LogP contribution in [0, 0.1) is 0 Å². The fourth-order valence-electron chi connectivity index (χ4n) is 5.03. The quantitative estimate of drug-likeness (QED) is 0.148. The third kappa shape index (κ3) is 6.52. The van der Waals surface area contributed by atoms with Crippen LogP contribution in [0.2, 0.25) is 0 Å². The SMILES string of the molecule is CCN(CC)c1ccc2c(c1)Oc1cc(N(CC)CC)ccc1N2C(=S)Oc1ccc(C(=O)NOc2ccccc2)cc1. The summed E-state index contributed by atoms with van der Waals surface area (Å²) in [6.07, 6.45) is 0. The molecule has 9 heteroatoms. The molecular weight excluding hydrogens is 560 g/mol. The molecule has 0 radical (unpaired) electrons. The number of hydroxylamine groups is 1. The van der Waals surface area contributed by atoms with Crippen molar-refractivity contribution < 1.29 is 19.1 Å². The molecule has 222 valence electrons. The Labute approximate surface area is 258 Å². The molecule has 0 saturated heterocycles. The van der Waals surface area contributed by atoms with Gasteiger partial charge in [0.25, 0.3) is 11.1 Å². The Kier molecular flexibility index (Phi) is 9.32. The molecule has 43 heavy (non-hydrogen) atoms. The first-order chi connectivity index (χ1) is 20.9. The molecule has 0 fully saturated rings. The largest absolute Gasteiger partial charge is 0.453 e. The van der Waals surface area contributed by atoms with Crippen molar-refractivity contribution in [1.29, 1.82) is 0 Å². The number of rotatable bonds is 10. The van der Waals surface area contributed by atoms with E-state index in [1.54, 1.807) is 36.4 Å². The highest BCUT2D eigenvalue weighted by molar-refractivity contribution is 7.80. The number of nitrogens with one attached hydrogen (secondary N) is 1. The summed E-state index contributed by atoms with van der Waals surface area (Å²) in [6.45, 7) is 12.1. The Hall–Kier alpha value is -4.76. The van der Waals surface area contributed by atoms with Crippen molar-refractivity contribution >= 4 is 46.0 Å². The number of anilines is 4. The Morgan fingerprint density at radius 2 is 1.28 bits per heavy atom. The van der Waals surface area contributed by atoms with Crippen molar-refractivity contribution in [2.24, 2.45) is 0 Å². The average Bonchev–Trinajstić information content (AvgIpc) is 3.04. The molecular formula is C34H36N4O4S. The molecule has 0 atom stereocenters. The second kappa shape index (κ2) is 13.5. The zero-order chi connectivity index (χ0) is 30.3. The molecule has 0 unspecified atom stereocenters. The van der Waals surface area contributed by atoms with Gasteiger partial charge in [-0.05, 0) is 101 Å². The molecule has 1 N–H and O–H groups in total. The van der Waals surface area contributed by atoms with Crippen LogP contribution in [0.4, 0.5) is 22.7 Å². The number of benzene rings is 4. The summed E-state index contributed by atoms with van der Waals surface area (Å²) >= 11 is 5.88. The highest BCUT2D eigenvalue weighted by atomic mass is 32.1. The molecule has 0 aliphatic carbocycles. The van der Waals surface area contributed by atoms with Crippen molar-refractivity contribution in [3.8, 4) is 23.0 Å². The Morgan fingerprint density at radius 1 is 0.744 bits per heavy atom. The second-order valence-corrected chi connectivity index (χ2v) is 10.2. The molecule has 1 heterocycles. The predicted octanol–water partition coefficient (Wildman–Crippen LogP) is 7.71. The lowest BCUT2D eigenvalue weighted by atomic mass is 10.1. The minimum Gasteiger partial charge on any atom is -0.453 e. The maximum absolute atomic E-state index is 12.6. The Balaban J connectivity index is 1.40. The minimum absolute atomic E-state index is 0.238. The predicted molar refractivity (Wildman–Crippen MR) is 176 cm³/mol. The number of thiocarbonyl (C=S) groups is 1. The van der Waals surface area contributed by atoms with Gasteiger partial charge in [-0.3, -0.25) is 9.69 Å². The molecule has 8 nitrogen and oxygen atoms in total.